The van der Waals surface area contributed by atoms with E-state index >= 15 is 0 Å². The Morgan fingerprint density at radius 1 is 1.05 bits per heavy atom. The molecule has 1 aliphatic heterocycles. The van der Waals surface area contributed by atoms with E-state index in [0.717, 1.165) is 28.8 Å². The van der Waals surface area contributed by atoms with Gasteiger partial charge in [0.1, 0.15) is 5.75 Å². The molecular formula is C26H29F2N6O3P. The number of hydrogen-bond acceptors (Lipinski definition) is 6. The van der Waals surface area contributed by atoms with Crippen molar-refractivity contribution in [3.05, 3.63) is 86.1 Å². The minimum Gasteiger partial charge on any atom is -0.430 e. The molecule has 0 spiro atoms. The molecule has 1 saturated heterocycles. The van der Waals surface area contributed by atoms with Crippen molar-refractivity contribution in [1.29, 1.82) is 0 Å². The molecule has 200 valence electrons. The molecular weight excluding hydrogens is 513 g/mol. The third kappa shape index (κ3) is 5.21. The zero-order valence-electron chi connectivity index (χ0n) is 21.2. The standard InChI is InChI=1S/C26H29F2N6O3P/c1-17-6-3-4-8-19(17)16-33-21-22(30-24(33)32-12-10-29-11-13-32)31(2)25(36)34(23(21)35)15-18-7-5-9-20(14-18)37-26(27,28)38/h3-9,14,29H,10-13,15-16,38H2,1-2H3. The van der Waals surface area contributed by atoms with E-state index in [1.54, 1.807) is 19.2 Å². The topological polar surface area (TPSA) is 86.3 Å². The molecule has 1 unspecified atom stereocenters. The number of halogens is 2. The molecule has 9 nitrogen and oxygen atoms in total. The van der Waals surface area contributed by atoms with Crippen molar-refractivity contribution < 1.29 is 13.5 Å². The lowest BCUT2D eigenvalue weighted by molar-refractivity contribution is -0.0892. The van der Waals surface area contributed by atoms with Crippen LogP contribution in [-0.2, 0) is 20.1 Å². The first kappa shape index (κ1) is 26.1. The normalized spacial score (nSPS) is 14.3. The SMILES string of the molecule is Cc1ccccc1Cn1c(N2CCNCC2)nc2c1c(=O)n(Cc1cccc(OC(F)(F)P)c1)c(=O)n2C. The van der Waals surface area contributed by atoms with Crippen LogP contribution in [0.5, 0.6) is 5.75 Å². The molecule has 12 heteroatoms. The van der Waals surface area contributed by atoms with Gasteiger partial charge in [-0.15, -0.1) is 0 Å². The highest BCUT2D eigenvalue weighted by molar-refractivity contribution is 7.17. The smallest absolute Gasteiger partial charge is 0.408 e. The fourth-order valence-electron chi connectivity index (χ4n) is 4.76. The Bertz CT molecular complexity index is 1600. The molecule has 1 N–H and O–H groups in total. The number of benzene rings is 2. The first-order valence-electron chi connectivity index (χ1n) is 12.3. The number of anilines is 1. The van der Waals surface area contributed by atoms with E-state index in [1.807, 2.05) is 35.8 Å². The van der Waals surface area contributed by atoms with Gasteiger partial charge in [-0.3, -0.25) is 18.5 Å². The molecule has 1 atom stereocenters. The first-order valence-corrected chi connectivity index (χ1v) is 12.8. The summed E-state index contributed by atoms with van der Waals surface area (Å²) in [5.41, 5.74) is 2.17. The van der Waals surface area contributed by atoms with Gasteiger partial charge in [-0.05, 0) is 45.0 Å². The first-order chi connectivity index (χ1) is 18.1. The number of alkyl halides is 2. The second-order valence-electron chi connectivity index (χ2n) is 9.38. The van der Waals surface area contributed by atoms with Gasteiger partial charge in [0, 0.05) is 33.2 Å². The number of aryl methyl sites for hydroxylation is 2. The lowest BCUT2D eigenvalue weighted by atomic mass is 10.1. The number of nitrogens with one attached hydrogen (secondary N) is 1. The fourth-order valence-corrected chi connectivity index (χ4v) is 4.90. The quantitative estimate of drug-likeness (QED) is 0.362. The summed E-state index contributed by atoms with van der Waals surface area (Å²) in [6, 6.07) is 13.9. The van der Waals surface area contributed by atoms with Crippen LogP contribution in [0.3, 0.4) is 0 Å². The zero-order valence-corrected chi connectivity index (χ0v) is 22.3. The van der Waals surface area contributed by atoms with Crippen molar-refractivity contribution in [2.24, 2.45) is 7.05 Å². The van der Waals surface area contributed by atoms with Gasteiger partial charge in [-0.25, -0.2) is 4.79 Å². The molecule has 0 bridgehead atoms. The van der Waals surface area contributed by atoms with Crippen LogP contribution in [0.1, 0.15) is 16.7 Å². The second-order valence-corrected chi connectivity index (χ2v) is 10.0. The summed E-state index contributed by atoms with van der Waals surface area (Å²) in [5.74, 6) is -2.88. The van der Waals surface area contributed by atoms with Gasteiger partial charge in [-0.1, -0.05) is 36.4 Å². The van der Waals surface area contributed by atoms with Crippen LogP contribution < -0.4 is 26.2 Å². The Hall–Kier alpha value is -3.56. The van der Waals surface area contributed by atoms with Crippen LogP contribution in [0.4, 0.5) is 14.7 Å². The van der Waals surface area contributed by atoms with E-state index in [9.17, 15) is 18.4 Å². The molecule has 2 aromatic heterocycles. The van der Waals surface area contributed by atoms with E-state index in [4.69, 9.17) is 4.98 Å². The van der Waals surface area contributed by atoms with Gasteiger partial charge < -0.3 is 15.0 Å². The maximum absolute atomic E-state index is 13.9. The molecule has 1 aliphatic rings. The Balaban J connectivity index is 1.66. The Labute approximate surface area is 219 Å². The van der Waals surface area contributed by atoms with Crippen molar-refractivity contribution >= 4 is 26.4 Å². The highest BCUT2D eigenvalue weighted by atomic mass is 31.0. The van der Waals surface area contributed by atoms with Gasteiger partial charge in [0.2, 0.25) is 5.95 Å². The number of nitrogens with zero attached hydrogens (tertiary/aromatic N) is 5. The summed E-state index contributed by atoms with van der Waals surface area (Å²) < 4.78 is 35.7. The molecule has 38 heavy (non-hydrogen) atoms. The lowest BCUT2D eigenvalue weighted by Gasteiger charge is -2.29. The van der Waals surface area contributed by atoms with E-state index in [-0.39, 0.29) is 12.3 Å². The summed E-state index contributed by atoms with van der Waals surface area (Å²) in [7, 11) is 2.91. The second kappa shape index (κ2) is 10.3. The van der Waals surface area contributed by atoms with Crippen molar-refractivity contribution in [2.45, 2.75) is 25.9 Å². The summed E-state index contributed by atoms with van der Waals surface area (Å²) >= 11 is 0. The number of ether oxygens (including phenoxy) is 1. The van der Waals surface area contributed by atoms with Crippen LogP contribution in [0, 0.1) is 6.92 Å². The third-order valence-corrected chi connectivity index (χ3v) is 6.81. The number of fused-ring (bicyclic) bond motifs is 1. The molecule has 0 radical (unpaired) electrons. The number of hydrogen-bond donors (Lipinski definition) is 1. The molecule has 0 saturated carbocycles. The third-order valence-electron chi connectivity index (χ3n) is 6.69. The molecule has 2 aromatic carbocycles. The number of rotatable bonds is 7. The number of imidazole rings is 1. The molecule has 3 heterocycles. The minimum atomic E-state index is -3.44. The molecule has 1 fully saturated rings. The van der Waals surface area contributed by atoms with Gasteiger partial charge in [0.15, 0.2) is 11.2 Å². The highest BCUT2D eigenvalue weighted by Crippen LogP contribution is 2.28. The maximum atomic E-state index is 13.9. The van der Waals surface area contributed by atoms with Crippen LogP contribution in [0.25, 0.3) is 11.2 Å². The van der Waals surface area contributed by atoms with Crippen molar-refractivity contribution in [3.63, 3.8) is 0 Å². The number of aromatic nitrogens is 4. The Morgan fingerprint density at radius 3 is 2.50 bits per heavy atom. The fraction of sp³-hybridized carbons (Fsp3) is 0.346. The van der Waals surface area contributed by atoms with Crippen LogP contribution in [0.15, 0.2) is 58.1 Å². The zero-order chi connectivity index (χ0) is 27.0. The number of piperazine rings is 1. The molecule has 0 aliphatic carbocycles. The van der Waals surface area contributed by atoms with Crippen LogP contribution in [-0.4, -0.2) is 50.7 Å². The predicted octanol–water partition coefficient (Wildman–Crippen LogP) is 2.52. The van der Waals surface area contributed by atoms with E-state index in [2.05, 4.69) is 15.0 Å². The monoisotopic (exact) mass is 542 g/mol. The van der Waals surface area contributed by atoms with Gasteiger partial charge >= 0.3 is 11.5 Å². The van der Waals surface area contributed by atoms with E-state index < -0.39 is 17.1 Å². The van der Waals surface area contributed by atoms with Crippen LogP contribution in [0.2, 0.25) is 0 Å². The summed E-state index contributed by atoms with van der Waals surface area (Å²) in [6.07, 6.45) is 0. The van der Waals surface area contributed by atoms with E-state index in [0.29, 0.717) is 42.3 Å². The lowest BCUT2D eigenvalue weighted by Crippen LogP contribution is -2.44. The van der Waals surface area contributed by atoms with Crippen molar-refractivity contribution in [2.75, 3.05) is 31.1 Å². The average molecular weight is 543 g/mol. The molecule has 0 amide bonds. The van der Waals surface area contributed by atoms with E-state index in [1.165, 1.54) is 25.9 Å². The summed E-state index contributed by atoms with van der Waals surface area (Å²) in [5, 5.41) is 3.33. The molecule has 5 rings (SSSR count). The largest absolute Gasteiger partial charge is 0.430 e. The average Bonchev–Trinajstić information content (AvgIpc) is 3.26. The van der Waals surface area contributed by atoms with Crippen molar-refractivity contribution in [1.82, 2.24) is 24.0 Å². The summed E-state index contributed by atoms with van der Waals surface area (Å²) in [6.45, 7) is 5.30. The highest BCUT2D eigenvalue weighted by Gasteiger charge is 2.26. The van der Waals surface area contributed by atoms with Crippen LogP contribution >= 0.6 is 9.24 Å². The minimum absolute atomic E-state index is 0.0703. The van der Waals surface area contributed by atoms with Gasteiger partial charge in [0.25, 0.3) is 5.56 Å². The molecule has 4 aromatic rings. The Kier molecular flexibility index (Phi) is 7.07. The Morgan fingerprint density at radius 2 is 1.79 bits per heavy atom. The van der Waals surface area contributed by atoms with Gasteiger partial charge in [-0.2, -0.15) is 13.8 Å². The van der Waals surface area contributed by atoms with Crippen molar-refractivity contribution in [3.8, 4) is 5.75 Å². The maximum Gasteiger partial charge on any atom is 0.408 e. The predicted molar refractivity (Wildman–Crippen MR) is 145 cm³/mol. The summed E-state index contributed by atoms with van der Waals surface area (Å²) in [4.78, 5) is 34.2. The van der Waals surface area contributed by atoms with Gasteiger partial charge in [0.05, 0.1) is 13.1 Å².